The van der Waals surface area contributed by atoms with Crippen molar-refractivity contribution in [2.24, 2.45) is 0 Å². The van der Waals surface area contributed by atoms with E-state index in [0.717, 1.165) is 11.5 Å². The van der Waals surface area contributed by atoms with Crippen molar-refractivity contribution in [3.63, 3.8) is 0 Å². The molecule has 4 nitrogen and oxygen atoms in total. The standard InChI is InChI=1S/C10H10BClN2O2/c1-7-13-4-5-14(7)8-2-3-9(11(15)16)10(12)6-8/h2-6,15-16H,1H3. The lowest BCUT2D eigenvalue weighted by Gasteiger charge is -2.08. The number of halogens is 1. The SMILES string of the molecule is Cc1nccn1-c1ccc(B(O)O)c(Cl)c1. The minimum absolute atomic E-state index is 0.295. The van der Waals surface area contributed by atoms with Gasteiger partial charge in [0, 0.05) is 28.6 Å². The average molecular weight is 236 g/mol. The number of hydrogen-bond donors (Lipinski definition) is 2. The highest BCUT2D eigenvalue weighted by Crippen LogP contribution is 2.14. The van der Waals surface area contributed by atoms with Crippen molar-refractivity contribution in [1.82, 2.24) is 9.55 Å². The second kappa shape index (κ2) is 4.29. The van der Waals surface area contributed by atoms with E-state index in [1.807, 2.05) is 17.7 Å². The third kappa shape index (κ3) is 1.97. The van der Waals surface area contributed by atoms with Gasteiger partial charge in [0.25, 0.3) is 0 Å². The van der Waals surface area contributed by atoms with Crippen LogP contribution in [0.4, 0.5) is 0 Å². The van der Waals surface area contributed by atoms with Crippen molar-refractivity contribution in [3.05, 3.63) is 41.4 Å². The quantitative estimate of drug-likeness (QED) is 0.747. The van der Waals surface area contributed by atoms with Crippen LogP contribution in [0.2, 0.25) is 5.02 Å². The number of rotatable bonds is 2. The minimum atomic E-state index is -1.55. The van der Waals surface area contributed by atoms with Gasteiger partial charge in [-0.1, -0.05) is 17.7 Å². The van der Waals surface area contributed by atoms with Crippen molar-refractivity contribution in [2.45, 2.75) is 6.92 Å². The number of imidazole rings is 1. The first kappa shape index (κ1) is 11.2. The summed E-state index contributed by atoms with van der Waals surface area (Å²) >= 11 is 5.94. The van der Waals surface area contributed by atoms with Gasteiger partial charge in [-0.3, -0.25) is 0 Å². The van der Waals surface area contributed by atoms with E-state index in [1.54, 1.807) is 24.4 Å². The summed E-state index contributed by atoms with van der Waals surface area (Å²) in [5, 5.41) is 18.4. The van der Waals surface area contributed by atoms with E-state index < -0.39 is 7.12 Å². The normalized spacial score (nSPS) is 10.5. The van der Waals surface area contributed by atoms with Crippen molar-refractivity contribution in [3.8, 4) is 5.69 Å². The Bertz CT molecular complexity index is 513. The van der Waals surface area contributed by atoms with Gasteiger partial charge < -0.3 is 14.6 Å². The third-order valence-electron chi connectivity index (χ3n) is 2.37. The number of benzene rings is 1. The summed E-state index contributed by atoms with van der Waals surface area (Å²) in [7, 11) is -1.55. The Morgan fingerprint density at radius 3 is 2.62 bits per heavy atom. The van der Waals surface area contributed by atoms with E-state index in [2.05, 4.69) is 4.98 Å². The first-order valence-electron chi connectivity index (χ1n) is 4.75. The molecular weight excluding hydrogens is 226 g/mol. The monoisotopic (exact) mass is 236 g/mol. The Labute approximate surface area is 98.3 Å². The molecule has 0 unspecified atom stereocenters. The van der Waals surface area contributed by atoms with E-state index in [-0.39, 0.29) is 0 Å². The summed E-state index contributed by atoms with van der Waals surface area (Å²) in [5.74, 6) is 0.841. The number of hydrogen-bond acceptors (Lipinski definition) is 3. The van der Waals surface area contributed by atoms with Crippen LogP contribution in [-0.4, -0.2) is 26.7 Å². The molecule has 2 aromatic rings. The molecule has 1 aromatic carbocycles. The van der Waals surface area contributed by atoms with Gasteiger partial charge in [0.05, 0.1) is 0 Å². The third-order valence-corrected chi connectivity index (χ3v) is 2.69. The minimum Gasteiger partial charge on any atom is -0.423 e. The molecule has 2 N–H and O–H groups in total. The highest BCUT2D eigenvalue weighted by atomic mass is 35.5. The Morgan fingerprint density at radius 2 is 2.12 bits per heavy atom. The average Bonchev–Trinajstić information content (AvgIpc) is 2.63. The zero-order valence-electron chi connectivity index (χ0n) is 8.63. The van der Waals surface area contributed by atoms with Crippen molar-refractivity contribution in [1.29, 1.82) is 0 Å². The Balaban J connectivity index is 2.46. The fourth-order valence-electron chi connectivity index (χ4n) is 1.53. The lowest BCUT2D eigenvalue weighted by Crippen LogP contribution is -2.30. The lowest BCUT2D eigenvalue weighted by atomic mass is 9.80. The molecule has 0 atom stereocenters. The molecule has 1 heterocycles. The van der Waals surface area contributed by atoms with Gasteiger partial charge in [0.1, 0.15) is 5.82 Å². The Morgan fingerprint density at radius 1 is 1.38 bits per heavy atom. The topological polar surface area (TPSA) is 58.3 Å². The van der Waals surface area contributed by atoms with Gasteiger partial charge in [-0.05, 0) is 19.1 Å². The van der Waals surface area contributed by atoms with E-state index in [0.29, 0.717) is 10.5 Å². The zero-order chi connectivity index (χ0) is 11.7. The summed E-state index contributed by atoms with van der Waals surface area (Å²) in [5.41, 5.74) is 1.13. The van der Waals surface area contributed by atoms with Gasteiger partial charge in [-0.2, -0.15) is 0 Å². The molecular formula is C10H10BClN2O2. The van der Waals surface area contributed by atoms with E-state index in [4.69, 9.17) is 21.6 Å². The molecule has 82 valence electrons. The van der Waals surface area contributed by atoms with Crippen LogP contribution in [-0.2, 0) is 0 Å². The molecule has 1 aromatic heterocycles. The number of nitrogens with zero attached hydrogens (tertiary/aromatic N) is 2. The van der Waals surface area contributed by atoms with Crippen LogP contribution < -0.4 is 5.46 Å². The zero-order valence-corrected chi connectivity index (χ0v) is 9.39. The summed E-state index contributed by atoms with van der Waals surface area (Å²) in [6.45, 7) is 1.88. The molecule has 6 heteroatoms. The van der Waals surface area contributed by atoms with Crippen LogP contribution in [0.5, 0.6) is 0 Å². The molecule has 0 amide bonds. The second-order valence-electron chi connectivity index (χ2n) is 3.42. The predicted molar refractivity (Wildman–Crippen MR) is 63.1 cm³/mol. The first-order valence-corrected chi connectivity index (χ1v) is 5.13. The van der Waals surface area contributed by atoms with Crippen LogP contribution in [0.3, 0.4) is 0 Å². The molecule has 0 fully saturated rings. The fourth-order valence-corrected chi connectivity index (χ4v) is 1.80. The predicted octanol–water partition coefficient (Wildman–Crippen LogP) is 0.514. The summed E-state index contributed by atoms with van der Waals surface area (Å²) < 4.78 is 1.86. The summed E-state index contributed by atoms with van der Waals surface area (Å²) in [6, 6.07) is 5.02. The Kier molecular flexibility index (Phi) is 3.00. The van der Waals surface area contributed by atoms with E-state index in [1.165, 1.54) is 0 Å². The molecule has 16 heavy (non-hydrogen) atoms. The summed E-state index contributed by atoms with van der Waals surface area (Å²) in [4.78, 5) is 4.10. The van der Waals surface area contributed by atoms with Gasteiger partial charge in [-0.15, -0.1) is 0 Å². The van der Waals surface area contributed by atoms with Crippen molar-refractivity contribution in [2.75, 3.05) is 0 Å². The van der Waals surface area contributed by atoms with E-state index in [9.17, 15) is 0 Å². The fraction of sp³-hybridized carbons (Fsp3) is 0.100. The van der Waals surface area contributed by atoms with Crippen molar-refractivity contribution >= 4 is 24.2 Å². The maximum absolute atomic E-state index is 9.03. The molecule has 0 radical (unpaired) electrons. The highest BCUT2D eigenvalue weighted by molar-refractivity contribution is 6.62. The number of aromatic nitrogens is 2. The molecule has 0 saturated carbocycles. The Hall–Kier alpha value is -1.30. The molecule has 0 aliphatic rings. The van der Waals surface area contributed by atoms with Gasteiger partial charge in [0.15, 0.2) is 0 Å². The maximum atomic E-state index is 9.03. The first-order chi connectivity index (χ1) is 7.59. The second-order valence-corrected chi connectivity index (χ2v) is 3.83. The van der Waals surface area contributed by atoms with Crippen LogP contribution in [0.25, 0.3) is 5.69 Å². The molecule has 0 spiro atoms. The molecule has 0 aliphatic heterocycles. The van der Waals surface area contributed by atoms with Crippen molar-refractivity contribution < 1.29 is 10.0 Å². The van der Waals surface area contributed by atoms with Gasteiger partial charge in [-0.25, -0.2) is 4.98 Å². The van der Waals surface area contributed by atoms with E-state index >= 15 is 0 Å². The van der Waals surface area contributed by atoms with Crippen LogP contribution in [0, 0.1) is 6.92 Å². The smallest absolute Gasteiger partial charge is 0.423 e. The molecule has 0 bridgehead atoms. The lowest BCUT2D eigenvalue weighted by molar-refractivity contribution is 0.426. The maximum Gasteiger partial charge on any atom is 0.489 e. The van der Waals surface area contributed by atoms with Gasteiger partial charge >= 0.3 is 7.12 Å². The molecule has 2 rings (SSSR count). The van der Waals surface area contributed by atoms with Gasteiger partial charge in [0.2, 0.25) is 0 Å². The van der Waals surface area contributed by atoms with Crippen LogP contribution in [0.1, 0.15) is 5.82 Å². The molecule has 0 aliphatic carbocycles. The molecule has 0 saturated heterocycles. The van der Waals surface area contributed by atoms with Crippen LogP contribution >= 0.6 is 11.6 Å². The number of aryl methyl sites for hydroxylation is 1. The highest BCUT2D eigenvalue weighted by Gasteiger charge is 2.15. The summed E-state index contributed by atoms with van der Waals surface area (Å²) in [6.07, 6.45) is 3.51. The van der Waals surface area contributed by atoms with Crippen LogP contribution in [0.15, 0.2) is 30.6 Å². The largest absolute Gasteiger partial charge is 0.489 e.